The van der Waals surface area contributed by atoms with Gasteiger partial charge in [-0.15, -0.1) is 0 Å². The Kier molecular flexibility index (Phi) is 3.23. The van der Waals surface area contributed by atoms with Crippen molar-refractivity contribution in [1.82, 2.24) is 5.01 Å². The minimum absolute atomic E-state index is 0.817. The summed E-state index contributed by atoms with van der Waals surface area (Å²) in [6.07, 6.45) is 0. The van der Waals surface area contributed by atoms with Gasteiger partial charge in [0.05, 0.1) is 18.9 Å². The van der Waals surface area contributed by atoms with Crippen molar-refractivity contribution in [3.63, 3.8) is 0 Å². The van der Waals surface area contributed by atoms with Crippen LogP contribution >= 0.6 is 0 Å². The quantitative estimate of drug-likeness (QED) is 0.800. The second-order valence-electron chi connectivity index (χ2n) is 4.03. The molecule has 15 heavy (non-hydrogen) atoms. The van der Waals surface area contributed by atoms with Crippen molar-refractivity contribution in [2.45, 2.75) is 13.8 Å². The number of nitrogens with zero attached hydrogens (tertiary/aromatic N) is 1. The molecule has 1 aliphatic heterocycles. The van der Waals surface area contributed by atoms with Crippen LogP contribution in [0.1, 0.15) is 11.1 Å². The number of hydrogen-bond acceptors (Lipinski definition) is 3. The monoisotopic (exact) mass is 206 g/mol. The predicted molar refractivity (Wildman–Crippen MR) is 61.9 cm³/mol. The Bertz CT molecular complexity index is 332. The zero-order valence-electron chi connectivity index (χ0n) is 9.42. The van der Waals surface area contributed by atoms with Crippen molar-refractivity contribution in [3.05, 3.63) is 29.3 Å². The number of ether oxygens (including phenoxy) is 1. The maximum absolute atomic E-state index is 5.31. The normalized spacial score (nSPS) is 17.7. The van der Waals surface area contributed by atoms with Crippen LogP contribution in [-0.2, 0) is 4.74 Å². The number of hydrazine groups is 1. The van der Waals surface area contributed by atoms with Gasteiger partial charge in [-0.25, -0.2) is 5.01 Å². The van der Waals surface area contributed by atoms with Gasteiger partial charge >= 0.3 is 0 Å². The minimum Gasteiger partial charge on any atom is -0.379 e. The molecule has 0 radical (unpaired) electrons. The summed E-state index contributed by atoms with van der Waals surface area (Å²) < 4.78 is 5.31. The van der Waals surface area contributed by atoms with Gasteiger partial charge in [-0.1, -0.05) is 12.1 Å². The molecule has 1 aromatic carbocycles. The van der Waals surface area contributed by atoms with Gasteiger partial charge in [-0.2, -0.15) is 0 Å². The van der Waals surface area contributed by atoms with E-state index in [-0.39, 0.29) is 0 Å². The Morgan fingerprint density at radius 1 is 1.20 bits per heavy atom. The van der Waals surface area contributed by atoms with Crippen LogP contribution in [0.3, 0.4) is 0 Å². The number of hydrogen-bond donors (Lipinski definition) is 1. The van der Waals surface area contributed by atoms with Crippen LogP contribution in [0.25, 0.3) is 0 Å². The number of benzene rings is 1. The van der Waals surface area contributed by atoms with E-state index in [0.717, 1.165) is 26.3 Å². The molecule has 0 bridgehead atoms. The average Bonchev–Trinajstić information content (AvgIpc) is 2.25. The molecule has 0 aliphatic carbocycles. The number of aryl methyl sites for hydroxylation is 2. The maximum Gasteiger partial charge on any atom is 0.0612 e. The second-order valence-corrected chi connectivity index (χ2v) is 4.03. The molecule has 3 heteroatoms. The van der Waals surface area contributed by atoms with Gasteiger partial charge in [0, 0.05) is 13.1 Å². The summed E-state index contributed by atoms with van der Waals surface area (Å²) in [5.74, 6) is 0. The molecule has 0 aromatic heterocycles. The largest absolute Gasteiger partial charge is 0.379 e. The number of anilines is 1. The van der Waals surface area contributed by atoms with Crippen molar-refractivity contribution in [2.75, 3.05) is 31.7 Å². The molecule has 0 unspecified atom stereocenters. The van der Waals surface area contributed by atoms with Crippen molar-refractivity contribution in [1.29, 1.82) is 0 Å². The van der Waals surface area contributed by atoms with Crippen LogP contribution < -0.4 is 5.43 Å². The molecule has 2 rings (SSSR count). The first-order valence-corrected chi connectivity index (χ1v) is 5.42. The molecule has 1 N–H and O–H groups in total. The molecule has 0 spiro atoms. The van der Waals surface area contributed by atoms with E-state index in [1.54, 1.807) is 0 Å². The fourth-order valence-corrected chi connectivity index (χ4v) is 1.70. The maximum atomic E-state index is 5.31. The lowest BCUT2D eigenvalue weighted by atomic mass is 10.1. The topological polar surface area (TPSA) is 24.5 Å². The van der Waals surface area contributed by atoms with Crippen LogP contribution in [0.4, 0.5) is 5.69 Å². The summed E-state index contributed by atoms with van der Waals surface area (Å²) in [5.41, 5.74) is 7.22. The Morgan fingerprint density at radius 2 is 1.93 bits per heavy atom. The molecule has 1 saturated heterocycles. The second kappa shape index (κ2) is 4.64. The lowest BCUT2D eigenvalue weighted by Gasteiger charge is -2.28. The summed E-state index contributed by atoms with van der Waals surface area (Å²) in [4.78, 5) is 0. The highest BCUT2D eigenvalue weighted by Crippen LogP contribution is 2.17. The Hall–Kier alpha value is -1.06. The highest BCUT2D eigenvalue weighted by atomic mass is 16.5. The van der Waals surface area contributed by atoms with E-state index in [4.69, 9.17) is 4.74 Å². The Labute approximate surface area is 91.0 Å². The van der Waals surface area contributed by atoms with Crippen LogP contribution in [-0.4, -0.2) is 31.3 Å². The Balaban J connectivity index is 2.05. The smallest absolute Gasteiger partial charge is 0.0612 e. The van der Waals surface area contributed by atoms with Crippen molar-refractivity contribution in [2.24, 2.45) is 0 Å². The number of morpholine rings is 1. The van der Waals surface area contributed by atoms with E-state index < -0.39 is 0 Å². The molecule has 0 amide bonds. The summed E-state index contributed by atoms with van der Waals surface area (Å²) in [6.45, 7) is 7.78. The standard InChI is InChI=1S/C12H18N2O/c1-10-3-4-11(2)12(9-10)13-14-5-7-15-8-6-14/h3-4,9,13H,5-8H2,1-2H3. The fourth-order valence-electron chi connectivity index (χ4n) is 1.70. The van der Waals surface area contributed by atoms with Crippen molar-refractivity contribution >= 4 is 5.69 Å². The van der Waals surface area contributed by atoms with Crippen LogP contribution in [0, 0.1) is 13.8 Å². The third-order valence-electron chi connectivity index (χ3n) is 2.68. The molecule has 82 valence electrons. The molecule has 0 saturated carbocycles. The van der Waals surface area contributed by atoms with E-state index in [9.17, 15) is 0 Å². The van der Waals surface area contributed by atoms with Gasteiger partial charge in [0.1, 0.15) is 0 Å². The zero-order valence-corrected chi connectivity index (χ0v) is 9.42. The molecule has 1 aromatic rings. The molecule has 1 fully saturated rings. The fraction of sp³-hybridized carbons (Fsp3) is 0.500. The van der Waals surface area contributed by atoms with Gasteiger partial charge in [0.15, 0.2) is 0 Å². The van der Waals surface area contributed by atoms with Crippen molar-refractivity contribution in [3.8, 4) is 0 Å². The van der Waals surface area contributed by atoms with Gasteiger partial charge in [0.2, 0.25) is 0 Å². The van der Waals surface area contributed by atoms with Gasteiger partial charge in [0.25, 0.3) is 0 Å². The first kappa shape index (κ1) is 10.5. The summed E-state index contributed by atoms with van der Waals surface area (Å²) in [6, 6.07) is 6.47. The molecule has 1 heterocycles. The van der Waals surface area contributed by atoms with Gasteiger partial charge in [-0.3, -0.25) is 0 Å². The number of nitrogens with one attached hydrogen (secondary N) is 1. The first-order valence-electron chi connectivity index (χ1n) is 5.42. The van der Waals surface area contributed by atoms with E-state index >= 15 is 0 Å². The highest BCUT2D eigenvalue weighted by Gasteiger charge is 2.10. The first-order chi connectivity index (χ1) is 7.25. The third-order valence-corrected chi connectivity index (χ3v) is 2.68. The predicted octanol–water partition coefficient (Wildman–Crippen LogP) is 1.96. The van der Waals surface area contributed by atoms with E-state index in [1.807, 2.05) is 0 Å². The van der Waals surface area contributed by atoms with E-state index in [2.05, 4.69) is 42.5 Å². The Morgan fingerprint density at radius 3 is 2.67 bits per heavy atom. The SMILES string of the molecule is Cc1ccc(C)c(NN2CCOCC2)c1. The zero-order chi connectivity index (χ0) is 10.7. The van der Waals surface area contributed by atoms with E-state index in [0.29, 0.717) is 0 Å². The molecular formula is C12H18N2O. The highest BCUT2D eigenvalue weighted by molar-refractivity contribution is 5.51. The van der Waals surface area contributed by atoms with Crippen LogP contribution in [0.2, 0.25) is 0 Å². The minimum atomic E-state index is 0.817. The summed E-state index contributed by atoms with van der Waals surface area (Å²) >= 11 is 0. The number of rotatable bonds is 2. The van der Waals surface area contributed by atoms with Crippen LogP contribution in [0.15, 0.2) is 18.2 Å². The van der Waals surface area contributed by atoms with Crippen LogP contribution in [0.5, 0.6) is 0 Å². The van der Waals surface area contributed by atoms with E-state index in [1.165, 1.54) is 16.8 Å². The van der Waals surface area contributed by atoms with Gasteiger partial charge in [-0.05, 0) is 31.0 Å². The molecule has 3 nitrogen and oxygen atoms in total. The lowest BCUT2D eigenvalue weighted by molar-refractivity contribution is 0.0496. The molecule has 1 aliphatic rings. The van der Waals surface area contributed by atoms with Gasteiger partial charge < -0.3 is 10.2 Å². The summed E-state index contributed by atoms with van der Waals surface area (Å²) in [7, 11) is 0. The molecular weight excluding hydrogens is 188 g/mol. The molecule has 0 atom stereocenters. The lowest BCUT2D eigenvalue weighted by Crippen LogP contribution is -2.40. The van der Waals surface area contributed by atoms with Crippen molar-refractivity contribution < 1.29 is 4.74 Å². The average molecular weight is 206 g/mol. The third kappa shape index (κ3) is 2.70. The summed E-state index contributed by atoms with van der Waals surface area (Å²) in [5, 5.41) is 2.21.